The lowest BCUT2D eigenvalue weighted by Gasteiger charge is -2.30. The summed E-state index contributed by atoms with van der Waals surface area (Å²) in [5.74, 6) is -4.86. The van der Waals surface area contributed by atoms with Gasteiger partial charge in [0.2, 0.25) is 0 Å². The Morgan fingerprint density at radius 1 is 1.03 bits per heavy atom. The van der Waals surface area contributed by atoms with Crippen LogP contribution in [0, 0.1) is 11.6 Å². The van der Waals surface area contributed by atoms with Gasteiger partial charge in [0.05, 0.1) is 17.7 Å². The van der Waals surface area contributed by atoms with E-state index in [9.17, 15) is 40.7 Å². The first kappa shape index (κ1) is 22.6. The third-order valence-corrected chi connectivity index (χ3v) is 5.75. The Kier molecular flexibility index (Phi) is 5.14. The third kappa shape index (κ3) is 3.79. The SMILES string of the molecule is O=C1NC(=O)[C@](CNC(=O)c2ccc(F)c(F)c2-c2ccc(C(F)(F)F)cc2)(C2(F)CC2)N1. The number of carbonyl (C=O) groups is 3. The maximum atomic E-state index is 14.9. The minimum Gasteiger partial charge on any atom is -0.349 e. The molecule has 2 fully saturated rings. The molecule has 6 nitrogen and oxygen atoms in total. The van der Waals surface area contributed by atoms with Crippen LogP contribution in [0.4, 0.5) is 31.1 Å². The first-order valence-corrected chi connectivity index (χ1v) is 9.64. The van der Waals surface area contributed by atoms with Gasteiger partial charge in [-0.2, -0.15) is 13.2 Å². The van der Waals surface area contributed by atoms with Crippen LogP contribution in [-0.2, 0) is 11.0 Å². The van der Waals surface area contributed by atoms with Gasteiger partial charge in [0, 0.05) is 5.56 Å². The van der Waals surface area contributed by atoms with Gasteiger partial charge in [0.25, 0.3) is 11.8 Å². The molecular formula is C21H15F6N3O3. The van der Waals surface area contributed by atoms with Gasteiger partial charge in [-0.25, -0.2) is 18.0 Å². The molecule has 1 saturated carbocycles. The van der Waals surface area contributed by atoms with Crippen molar-refractivity contribution in [1.29, 1.82) is 0 Å². The molecule has 0 unspecified atom stereocenters. The lowest BCUT2D eigenvalue weighted by atomic mass is 9.90. The van der Waals surface area contributed by atoms with Crippen molar-refractivity contribution in [3.05, 3.63) is 59.2 Å². The molecule has 1 aliphatic heterocycles. The largest absolute Gasteiger partial charge is 0.416 e. The number of hydrogen-bond donors (Lipinski definition) is 3. The molecule has 174 valence electrons. The number of alkyl halides is 4. The van der Waals surface area contributed by atoms with Crippen LogP contribution in [0.25, 0.3) is 11.1 Å². The molecule has 0 bridgehead atoms. The highest BCUT2D eigenvalue weighted by Crippen LogP contribution is 2.49. The van der Waals surface area contributed by atoms with E-state index in [1.165, 1.54) is 0 Å². The highest BCUT2D eigenvalue weighted by molar-refractivity contribution is 6.09. The van der Waals surface area contributed by atoms with E-state index in [0.717, 1.165) is 18.2 Å². The Morgan fingerprint density at radius 3 is 2.18 bits per heavy atom. The first-order chi connectivity index (χ1) is 15.4. The molecular weight excluding hydrogens is 456 g/mol. The Bertz CT molecular complexity index is 1160. The average Bonchev–Trinajstić information content (AvgIpc) is 3.43. The number of urea groups is 1. The van der Waals surface area contributed by atoms with E-state index >= 15 is 0 Å². The van der Waals surface area contributed by atoms with Crippen LogP contribution < -0.4 is 16.0 Å². The number of imide groups is 1. The van der Waals surface area contributed by atoms with E-state index in [4.69, 9.17) is 0 Å². The minimum absolute atomic E-state index is 0.0431. The van der Waals surface area contributed by atoms with Gasteiger partial charge >= 0.3 is 12.2 Å². The van der Waals surface area contributed by atoms with Crippen molar-refractivity contribution < 1.29 is 40.7 Å². The molecule has 4 amide bonds. The van der Waals surface area contributed by atoms with Crippen LogP contribution >= 0.6 is 0 Å². The van der Waals surface area contributed by atoms with Crippen LogP contribution in [0.2, 0.25) is 0 Å². The zero-order chi connectivity index (χ0) is 24.2. The summed E-state index contributed by atoms with van der Waals surface area (Å²) in [5.41, 5.74) is -6.49. The van der Waals surface area contributed by atoms with E-state index in [1.807, 2.05) is 5.32 Å². The molecule has 1 atom stereocenters. The second-order valence-electron chi connectivity index (χ2n) is 7.82. The summed E-state index contributed by atoms with van der Waals surface area (Å²) in [6.45, 7) is -0.689. The zero-order valence-electron chi connectivity index (χ0n) is 16.6. The predicted octanol–water partition coefficient (Wildman–Crippen LogP) is 3.46. The van der Waals surface area contributed by atoms with Crippen molar-refractivity contribution in [2.45, 2.75) is 30.2 Å². The lowest BCUT2D eigenvalue weighted by molar-refractivity contribution is -0.137. The Hall–Kier alpha value is -3.57. The molecule has 2 aromatic carbocycles. The van der Waals surface area contributed by atoms with Gasteiger partial charge in [0.1, 0.15) is 5.67 Å². The average molecular weight is 471 g/mol. The summed E-state index contributed by atoms with van der Waals surface area (Å²) >= 11 is 0. The molecule has 0 spiro atoms. The van der Waals surface area contributed by atoms with E-state index < -0.39 is 70.1 Å². The Balaban J connectivity index is 1.66. The van der Waals surface area contributed by atoms with E-state index in [0.29, 0.717) is 18.2 Å². The number of benzene rings is 2. The van der Waals surface area contributed by atoms with E-state index in [1.54, 1.807) is 0 Å². The normalized spacial score (nSPS) is 21.4. The molecule has 1 saturated heterocycles. The molecule has 1 aliphatic carbocycles. The number of rotatable bonds is 5. The Morgan fingerprint density at radius 2 is 1.67 bits per heavy atom. The molecule has 0 radical (unpaired) electrons. The van der Waals surface area contributed by atoms with Crippen molar-refractivity contribution in [1.82, 2.24) is 16.0 Å². The van der Waals surface area contributed by atoms with Crippen molar-refractivity contribution in [3.8, 4) is 11.1 Å². The molecule has 1 heterocycles. The smallest absolute Gasteiger partial charge is 0.349 e. The van der Waals surface area contributed by atoms with Crippen LogP contribution in [0.15, 0.2) is 36.4 Å². The number of carbonyl (C=O) groups excluding carboxylic acids is 3. The van der Waals surface area contributed by atoms with E-state index in [2.05, 4.69) is 10.6 Å². The fourth-order valence-electron chi connectivity index (χ4n) is 3.78. The monoisotopic (exact) mass is 471 g/mol. The molecule has 2 aliphatic rings. The van der Waals surface area contributed by atoms with Crippen LogP contribution in [-0.4, -0.2) is 35.6 Å². The summed E-state index contributed by atoms with van der Waals surface area (Å²) in [6, 6.07) is 3.66. The molecule has 2 aromatic rings. The highest BCUT2D eigenvalue weighted by Gasteiger charge is 2.68. The predicted molar refractivity (Wildman–Crippen MR) is 102 cm³/mol. The molecule has 0 aromatic heterocycles. The number of halogens is 6. The van der Waals surface area contributed by atoms with Gasteiger partial charge in [-0.05, 0) is 42.7 Å². The topological polar surface area (TPSA) is 87.3 Å². The molecule has 4 rings (SSSR count). The maximum absolute atomic E-state index is 14.9. The zero-order valence-corrected chi connectivity index (χ0v) is 16.6. The van der Waals surface area contributed by atoms with Gasteiger partial charge in [0.15, 0.2) is 17.2 Å². The highest BCUT2D eigenvalue weighted by atomic mass is 19.4. The second kappa shape index (κ2) is 7.49. The second-order valence-corrected chi connectivity index (χ2v) is 7.82. The van der Waals surface area contributed by atoms with Crippen molar-refractivity contribution >= 4 is 17.8 Å². The Labute approximate surface area is 182 Å². The first-order valence-electron chi connectivity index (χ1n) is 9.64. The van der Waals surface area contributed by atoms with E-state index in [-0.39, 0.29) is 18.4 Å². The van der Waals surface area contributed by atoms with Crippen molar-refractivity contribution in [2.75, 3.05) is 6.54 Å². The van der Waals surface area contributed by atoms with Crippen molar-refractivity contribution in [3.63, 3.8) is 0 Å². The number of amides is 4. The molecule has 3 N–H and O–H groups in total. The molecule has 33 heavy (non-hydrogen) atoms. The maximum Gasteiger partial charge on any atom is 0.416 e. The number of hydrogen-bond acceptors (Lipinski definition) is 3. The van der Waals surface area contributed by atoms with Crippen LogP contribution in [0.5, 0.6) is 0 Å². The quantitative estimate of drug-likeness (QED) is 0.461. The van der Waals surface area contributed by atoms with Crippen LogP contribution in [0.1, 0.15) is 28.8 Å². The van der Waals surface area contributed by atoms with Crippen LogP contribution in [0.3, 0.4) is 0 Å². The lowest BCUT2D eigenvalue weighted by Crippen LogP contribution is -2.62. The van der Waals surface area contributed by atoms with Crippen molar-refractivity contribution in [2.24, 2.45) is 0 Å². The van der Waals surface area contributed by atoms with Gasteiger partial charge in [-0.15, -0.1) is 0 Å². The third-order valence-electron chi connectivity index (χ3n) is 5.75. The fraction of sp³-hybridized carbons (Fsp3) is 0.286. The summed E-state index contributed by atoms with van der Waals surface area (Å²) < 4.78 is 81.9. The van der Waals surface area contributed by atoms with Gasteiger partial charge in [-0.3, -0.25) is 14.9 Å². The standard InChI is InChI=1S/C21H15F6N3O3/c22-13-6-5-12(14(15(13)23)10-1-3-11(4-2-10)21(25,26)27)16(31)28-9-20(19(24)7-8-19)17(32)29-18(33)30-20/h1-6H,7-9H2,(H,28,31)(H2,29,30,32,33)/t20-/m1/s1. The van der Waals surface area contributed by atoms with Gasteiger partial charge < -0.3 is 10.6 Å². The minimum atomic E-state index is -4.66. The fourth-order valence-corrected chi connectivity index (χ4v) is 3.78. The summed E-state index contributed by atoms with van der Waals surface area (Å²) in [4.78, 5) is 36.7. The summed E-state index contributed by atoms with van der Waals surface area (Å²) in [7, 11) is 0. The summed E-state index contributed by atoms with van der Waals surface area (Å²) in [5, 5.41) is 6.34. The summed E-state index contributed by atoms with van der Waals surface area (Å²) in [6.07, 6.45) is -4.75. The van der Waals surface area contributed by atoms with Gasteiger partial charge in [-0.1, -0.05) is 12.1 Å². The molecule has 12 heteroatoms. The number of nitrogens with one attached hydrogen (secondary N) is 3.